The van der Waals surface area contributed by atoms with E-state index in [1.165, 1.54) is 16.7 Å². The first kappa shape index (κ1) is 21.7. The van der Waals surface area contributed by atoms with Gasteiger partial charge in [-0.1, -0.05) is 24.0 Å². The first-order valence-electron chi connectivity index (χ1n) is 9.05. The van der Waals surface area contributed by atoms with Gasteiger partial charge < -0.3 is 14.7 Å². The highest BCUT2D eigenvalue weighted by Gasteiger charge is 2.35. The smallest absolute Gasteiger partial charge is 0.410 e. The molecule has 0 radical (unpaired) electrons. The van der Waals surface area contributed by atoms with Crippen molar-refractivity contribution in [3.05, 3.63) is 11.0 Å². The van der Waals surface area contributed by atoms with Crippen LogP contribution in [-0.2, 0) is 14.3 Å². The number of piperidine rings is 1. The number of amides is 2. The van der Waals surface area contributed by atoms with Gasteiger partial charge in [0.2, 0.25) is 0 Å². The molecule has 0 spiro atoms. The van der Waals surface area contributed by atoms with Crippen LogP contribution in [0.1, 0.15) is 52.9 Å². The number of thioether (sulfide) groups is 1. The third-order valence-corrected chi connectivity index (χ3v) is 5.56. The largest absolute Gasteiger partial charge is 0.481 e. The third kappa shape index (κ3) is 6.21. The highest BCUT2D eigenvalue weighted by molar-refractivity contribution is 8.26. The van der Waals surface area contributed by atoms with Crippen LogP contribution in [0.5, 0.6) is 0 Å². The molecule has 2 aliphatic rings. The van der Waals surface area contributed by atoms with Crippen LogP contribution in [0.2, 0.25) is 0 Å². The highest BCUT2D eigenvalue weighted by Crippen LogP contribution is 2.33. The van der Waals surface area contributed by atoms with Gasteiger partial charge in [-0.25, -0.2) is 4.79 Å². The fraction of sp³-hybridized carbons (Fsp3) is 0.667. The first-order valence-corrected chi connectivity index (χ1v) is 10.3. The Morgan fingerprint density at radius 1 is 1.37 bits per heavy atom. The lowest BCUT2D eigenvalue weighted by Gasteiger charge is -2.35. The summed E-state index contributed by atoms with van der Waals surface area (Å²) >= 11 is 6.47. The van der Waals surface area contributed by atoms with Gasteiger partial charge in [-0.15, -0.1) is 0 Å². The molecule has 1 unspecified atom stereocenters. The molecule has 2 fully saturated rings. The zero-order valence-corrected chi connectivity index (χ0v) is 17.5. The number of hydrogen-bond acceptors (Lipinski definition) is 6. The second-order valence-corrected chi connectivity index (χ2v) is 9.27. The average molecular weight is 415 g/mol. The second-order valence-electron chi connectivity index (χ2n) is 7.59. The maximum Gasteiger partial charge on any atom is 0.410 e. The van der Waals surface area contributed by atoms with Crippen molar-refractivity contribution in [1.29, 1.82) is 0 Å². The van der Waals surface area contributed by atoms with E-state index in [1.807, 2.05) is 20.8 Å². The predicted molar refractivity (Wildman–Crippen MR) is 107 cm³/mol. The number of rotatable bonds is 5. The van der Waals surface area contributed by atoms with Crippen LogP contribution in [0.15, 0.2) is 11.0 Å². The van der Waals surface area contributed by atoms with Crippen LogP contribution in [0.4, 0.5) is 4.79 Å². The van der Waals surface area contributed by atoms with Crippen molar-refractivity contribution in [2.45, 2.75) is 64.5 Å². The maximum absolute atomic E-state index is 12.6. The molecule has 2 rings (SSSR count). The molecule has 150 valence electrons. The summed E-state index contributed by atoms with van der Waals surface area (Å²) in [6.45, 7) is 6.36. The number of carboxylic acids is 1. The van der Waals surface area contributed by atoms with Crippen LogP contribution in [0.3, 0.4) is 0 Å². The second kappa shape index (κ2) is 9.05. The standard InChI is InChI=1S/C18H26N2O5S2/c1-18(2,3)25-16(24)19-9-5-4-7-12(19)11-13-15(23)20(17(26)27-13)10-6-8-14(21)22/h11-12H,4-10H2,1-3H3,(H,21,22)/b13-11-. The molecule has 9 heteroatoms. The Hall–Kier alpha value is -1.61. The van der Waals surface area contributed by atoms with Crippen molar-refractivity contribution in [2.75, 3.05) is 13.1 Å². The Balaban J connectivity index is 2.08. The van der Waals surface area contributed by atoms with E-state index in [1.54, 1.807) is 11.0 Å². The van der Waals surface area contributed by atoms with Gasteiger partial charge in [0.15, 0.2) is 0 Å². The summed E-state index contributed by atoms with van der Waals surface area (Å²) < 4.78 is 5.92. The summed E-state index contributed by atoms with van der Waals surface area (Å²) in [6, 6.07) is -0.207. The molecule has 2 amide bonds. The monoisotopic (exact) mass is 414 g/mol. The number of carboxylic acid groups (broad SMARTS) is 1. The Morgan fingerprint density at radius 2 is 2.07 bits per heavy atom. The molecule has 0 aromatic rings. The molecule has 0 aliphatic carbocycles. The van der Waals surface area contributed by atoms with E-state index in [-0.39, 0.29) is 31.0 Å². The van der Waals surface area contributed by atoms with Gasteiger partial charge in [-0.05, 0) is 52.5 Å². The van der Waals surface area contributed by atoms with Crippen LogP contribution < -0.4 is 0 Å². The van der Waals surface area contributed by atoms with Gasteiger partial charge in [-0.3, -0.25) is 14.5 Å². The minimum Gasteiger partial charge on any atom is -0.481 e. The topological polar surface area (TPSA) is 87.2 Å². The van der Waals surface area contributed by atoms with Gasteiger partial charge in [0.25, 0.3) is 5.91 Å². The Morgan fingerprint density at radius 3 is 2.70 bits per heavy atom. The molecule has 0 aromatic heterocycles. The normalized spacial score (nSPS) is 22.5. The van der Waals surface area contributed by atoms with Gasteiger partial charge in [0.1, 0.15) is 9.92 Å². The fourth-order valence-electron chi connectivity index (χ4n) is 2.95. The quantitative estimate of drug-likeness (QED) is 0.545. The molecule has 2 aliphatic heterocycles. The Bertz CT molecular complexity index is 657. The van der Waals surface area contributed by atoms with Gasteiger partial charge in [-0.2, -0.15) is 0 Å². The highest BCUT2D eigenvalue weighted by atomic mass is 32.2. The molecule has 2 saturated heterocycles. The lowest BCUT2D eigenvalue weighted by atomic mass is 10.0. The SMILES string of the molecule is CC(C)(C)OC(=O)N1CCCCC1/C=C1\SC(=S)N(CCCC(=O)O)C1=O. The number of carbonyl (C=O) groups is 3. The number of thiocarbonyl (C=S) groups is 1. The fourth-order valence-corrected chi connectivity index (χ4v) is 4.29. The van der Waals surface area contributed by atoms with Crippen molar-refractivity contribution in [1.82, 2.24) is 9.80 Å². The number of aliphatic carboxylic acids is 1. The summed E-state index contributed by atoms with van der Waals surface area (Å²) in [5.41, 5.74) is -0.577. The van der Waals surface area contributed by atoms with Crippen molar-refractivity contribution < 1.29 is 24.2 Å². The Labute approximate surface area is 169 Å². The van der Waals surface area contributed by atoms with Gasteiger partial charge in [0.05, 0.1) is 10.9 Å². The number of nitrogens with zero attached hydrogens (tertiary/aromatic N) is 2. The van der Waals surface area contributed by atoms with E-state index in [4.69, 9.17) is 22.1 Å². The molecule has 1 atom stereocenters. The number of hydrogen-bond donors (Lipinski definition) is 1. The Kier molecular flexibility index (Phi) is 7.27. The lowest BCUT2D eigenvalue weighted by molar-refractivity contribution is -0.137. The van der Waals surface area contributed by atoms with Crippen LogP contribution >= 0.6 is 24.0 Å². The summed E-state index contributed by atoms with van der Waals surface area (Å²) in [6.07, 6.45) is 4.41. The molecule has 2 heterocycles. The van der Waals surface area contributed by atoms with Crippen LogP contribution in [0, 0.1) is 0 Å². The van der Waals surface area contributed by atoms with Gasteiger partial charge in [0, 0.05) is 19.5 Å². The summed E-state index contributed by atoms with van der Waals surface area (Å²) in [5, 5.41) is 8.75. The van der Waals surface area contributed by atoms with E-state index in [0.29, 0.717) is 22.2 Å². The summed E-state index contributed by atoms with van der Waals surface area (Å²) in [4.78, 5) is 39.4. The molecule has 0 bridgehead atoms. The van der Waals surface area contributed by atoms with Crippen LogP contribution in [0.25, 0.3) is 0 Å². The van der Waals surface area contributed by atoms with E-state index in [9.17, 15) is 14.4 Å². The van der Waals surface area contributed by atoms with E-state index in [0.717, 1.165) is 19.3 Å². The molecule has 0 saturated carbocycles. The van der Waals surface area contributed by atoms with Crippen molar-refractivity contribution in [2.24, 2.45) is 0 Å². The molecular weight excluding hydrogens is 388 g/mol. The molecule has 27 heavy (non-hydrogen) atoms. The number of likely N-dealkylation sites (tertiary alicyclic amines) is 1. The minimum atomic E-state index is -0.897. The minimum absolute atomic E-state index is 0.00878. The van der Waals surface area contributed by atoms with Crippen molar-refractivity contribution in [3.8, 4) is 0 Å². The maximum atomic E-state index is 12.6. The summed E-state index contributed by atoms with van der Waals surface area (Å²) in [5.74, 6) is -1.11. The molecule has 7 nitrogen and oxygen atoms in total. The zero-order chi connectivity index (χ0) is 20.2. The third-order valence-electron chi connectivity index (χ3n) is 4.17. The van der Waals surface area contributed by atoms with Crippen molar-refractivity contribution >= 4 is 46.3 Å². The predicted octanol–water partition coefficient (Wildman–Crippen LogP) is 3.39. The van der Waals surface area contributed by atoms with E-state index >= 15 is 0 Å². The molecule has 0 aromatic carbocycles. The number of ether oxygens (including phenoxy) is 1. The lowest BCUT2D eigenvalue weighted by Crippen LogP contribution is -2.45. The first-order chi connectivity index (χ1) is 12.6. The molecule has 1 N–H and O–H groups in total. The summed E-state index contributed by atoms with van der Waals surface area (Å²) in [7, 11) is 0. The van der Waals surface area contributed by atoms with E-state index in [2.05, 4.69) is 0 Å². The zero-order valence-electron chi connectivity index (χ0n) is 15.9. The van der Waals surface area contributed by atoms with E-state index < -0.39 is 11.6 Å². The average Bonchev–Trinajstić information content (AvgIpc) is 2.81. The number of carbonyl (C=O) groups excluding carboxylic acids is 2. The van der Waals surface area contributed by atoms with Crippen LogP contribution in [-0.4, -0.2) is 61.9 Å². The van der Waals surface area contributed by atoms with Crippen molar-refractivity contribution in [3.63, 3.8) is 0 Å². The molecular formula is C18H26N2O5S2. The van der Waals surface area contributed by atoms with Gasteiger partial charge >= 0.3 is 12.1 Å².